The zero-order valence-electron chi connectivity index (χ0n) is 11.2. The molecule has 0 amide bonds. The zero-order valence-corrected chi connectivity index (χ0v) is 12.8. The lowest BCUT2D eigenvalue weighted by atomic mass is 10.3. The van der Waals surface area contributed by atoms with Gasteiger partial charge in [-0.3, -0.25) is 4.68 Å². The SMILES string of the molecule is CCc1nn(CC)c(Cn2nc(C)nc2C)c1Br. The Morgan fingerprint density at radius 2 is 1.83 bits per heavy atom. The first-order valence-electron chi connectivity index (χ1n) is 6.18. The molecule has 0 spiro atoms. The molecule has 2 aromatic heterocycles. The minimum atomic E-state index is 0.702. The molecule has 0 unspecified atom stereocenters. The van der Waals surface area contributed by atoms with Gasteiger partial charge in [-0.2, -0.15) is 10.2 Å². The van der Waals surface area contributed by atoms with Crippen LogP contribution in [0.3, 0.4) is 0 Å². The topological polar surface area (TPSA) is 48.5 Å². The fourth-order valence-electron chi connectivity index (χ4n) is 2.02. The van der Waals surface area contributed by atoms with E-state index in [0.29, 0.717) is 6.54 Å². The summed E-state index contributed by atoms with van der Waals surface area (Å²) >= 11 is 3.65. The summed E-state index contributed by atoms with van der Waals surface area (Å²) in [5, 5.41) is 8.99. The minimum Gasteiger partial charge on any atom is -0.267 e. The van der Waals surface area contributed by atoms with Crippen molar-refractivity contribution in [1.82, 2.24) is 24.5 Å². The molecule has 2 rings (SSSR count). The lowest BCUT2D eigenvalue weighted by molar-refractivity contribution is 0.563. The highest BCUT2D eigenvalue weighted by Crippen LogP contribution is 2.23. The average Bonchev–Trinajstić information content (AvgIpc) is 2.81. The summed E-state index contributed by atoms with van der Waals surface area (Å²) in [6.45, 7) is 9.66. The summed E-state index contributed by atoms with van der Waals surface area (Å²) in [6, 6.07) is 0. The van der Waals surface area contributed by atoms with E-state index in [0.717, 1.165) is 40.5 Å². The van der Waals surface area contributed by atoms with Crippen LogP contribution in [0.2, 0.25) is 0 Å². The van der Waals surface area contributed by atoms with Gasteiger partial charge in [-0.1, -0.05) is 6.92 Å². The van der Waals surface area contributed by atoms with Crippen LogP contribution >= 0.6 is 15.9 Å². The molecule has 0 atom stereocenters. The summed E-state index contributed by atoms with van der Waals surface area (Å²) in [5.74, 6) is 1.74. The highest BCUT2D eigenvalue weighted by atomic mass is 79.9. The second kappa shape index (κ2) is 5.22. The van der Waals surface area contributed by atoms with Crippen LogP contribution in [0, 0.1) is 13.8 Å². The molecule has 0 N–H and O–H groups in total. The standard InChI is InChI=1S/C12H18BrN5/c1-5-10-12(13)11(17(6-2)16-10)7-18-9(4)14-8(3)15-18/h5-7H2,1-4H3. The number of rotatable bonds is 4. The first-order chi connectivity index (χ1) is 8.56. The number of halogens is 1. The molecule has 0 bridgehead atoms. The first-order valence-corrected chi connectivity index (χ1v) is 6.98. The molecule has 2 heterocycles. The van der Waals surface area contributed by atoms with Gasteiger partial charge in [0.2, 0.25) is 0 Å². The Kier molecular flexibility index (Phi) is 3.85. The van der Waals surface area contributed by atoms with Crippen LogP contribution < -0.4 is 0 Å². The van der Waals surface area contributed by atoms with E-state index >= 15 is 0 Å². The maximum atomic E-state index is 4.59. The molecule has 0 aliphatic heterocycles. The molecule has 0 radical (unpaired) electrons. The summed E-state index contributed by atoms with van der Waals surface area (Å²) in [5.41, 5.74) is 2.25. The van der Waals surface area contributed by atoms with Gasteiger partial charge in [0.15, 0.2) is 0 Å². The number of hydrogen-bond acceptors (Lipinski definition) is 3. The normalized spacial score (nSPS) is 11.2. The van der Waals surface area contributed by atoms with Crippen molar-refractivity contribution in [2.45, 2.75) is 47.2 Å². The first kappa shape index (κ1) is 13.3. The molecule has 0 aliphatic rings. The van der Waals surface area contributed by atoms with E-state index in [1.54, 1.807) is 0 Å². The summed E-state index contributed by atoms with van der Waals surface area (Å²) in [4.78, 5) is 4.33. The predicted molar refractivity (Wildman–Crippen MR) is 73.6 cm³/mol. The van der Waals surface area contributed by atoms with Crippen molar-refractivity contribution in [1.29, 1.82) is 0 Å². The Balaban J connectivity index is 2.39. The second-order valence-corrected chi connectivity index (χ2v) is 5.03. The minimum absolute atomic E-state index is 0.702. The molecule has 0 aliphatic carbocycles. The quantitative estimate of drug-likeness (QED) is 0.871. The molecule has 18 heavy (non-hydrogen) atoms. The molecule has 5 nitrogen and oxygen atoms in total. The predicted octanol–water partition coefficient (Wildman–Crippen LogP) is 2.48. The average molecular weight is 312 g/mol. The van der Waals surface area contributed by atoms with Gasteiger partial charge in [-0.15, -0.1) is 0 Å². The highest BCUT2D eigenvalue weighted by Gasteiger charge is 2.15. The van der Waals surface area contributed by atoms with Crippen LogP contribution in [-0.2, 0) is 19.5 Å². The molecule has 98 valence electrons. The maximum absolute atomic E-state index is 4.59. The summed E-state index contributed by atoms with van der Waals surface area (Å²) < 4.78 is 5.04. The lowest BCUT2D eigenvalue weighted by Gasteiger charge is -2.06. The summed E-state index contributed by atoms with van der Waals surface area (Å²) in [7, 11) is 0. The van der Waals surface area contributed by atoms with Gasteiger partial charge in [0.25, 0.3) is 0 Å². The molecular weight excluding hydrogens is 294 g/mol. The molecule has 2 aromatic rings. The van der Waals surface area contributed by atoms with Gasteiger partial charge in [0.05, 0.1) is 22.4 Å². The maximum Gasteiger partial charge on any atom is 0.147 e. The molecule has 0 aromatic carbocycles. The van der Waals surface area contributed by atoms with Crippen LogP contribution in [0.4, 0.5) is 0 Å². The van der Waals surface area contributed by atoms with Crippen molar-refractivity contribution in [3.8, 4) is 0 Å². The van der Waals surface area contributed by atoms with E-state index in [-0.39, 0.29) is 0 Å². The second-order valence-electron chi connectivity index (χ2n) is 4.24. The Bertz CT molecular complexity index is 555. The Labute approximate surface area is 115 Å². The van der Waals surface area contributed by atoms with Crippen LogP contribution in [0.15, 0.2) is 4.47 Å². The van der Waals surface area contributed by atoms with Crippen LogP contribution in [0.5, 0.6) is 0 Å². The van der Waals surface area contributed by atoms with Crippen LogP contribution in [0.1, 0.15) is 36.9 Å². The van der Waals surface area contributed by atoms with Gasteiger partial charge < -0.3 is 0 Å². The number of nitrogens with zero attached hydrogens (tertiary/aromatic N) is 5. The smallest absolute Gasteiger partial charge is 0.147 e. The van der Waals surface area contributed by atoms with E-state index in [1.807, 2.05) is 23.2 Å². The molecular formula is C12H18BrN5. The fraction of sp³-hybridized carbons (Fsp3) is 0.583. The van der Waals surface area contributed by atoms with Crippen molar-refractivity contribution < 1.29 is 0 Å². The Morgan fingerprint density at radius 1 is 1.11 bits per heavy atom. The van der Waals surface area contributed by atoms with Crippen LogP contribution in [0.25, 0.3) is 0 Å². The van der Waals surface area contributed by atoms with Gasteiger partial charge in [0, 0.05) is 6.54 Å². The third-order valence-corrected chi connectivity index (χ3v) is 3.87. The van der Waals surface area contributed by atoms with Crippen molar-refractivity contribution in [2.24, 2.45) is 0 Å². The molecule has 0 saturated heterocycles. The largest absolute Gasteiger partial charge is 0.267 e. The van der Waals surface area contributed by atoms with Gasteiger partial charge in [-0.25, -0.2) is 9.67 Å². The third kappa shape index (κ3) is 2.34. The van der Waals surface area contributed by atoms with E-state index in [9.17, 15) is 0 Å². The zero-order chi connectivity index (χ0) is 13.3. The number of hydrogen-bond donors (Lipinski definition) is 0. The summed E-state index contributed by atoms with van der Waals surface area (Å²) in [6.07, 6.45) is 0.927. The van der Waals surface area contributed by atoms with E-state index in [4.69, 9.17) is 0 Å². The fourth-order valence-corrected chi connectivity index (χ4v) is 2.71. The molecule has 0 fully saturated rings. The molecule has 6 heteroatoms. The van der Waals surface area contributed by atoms with Gasteiger partial charge >= 0.3 is 0 Å². The van der Waals surface area contributed by atoms with Crippen molar-refractivity contribution in [3.63, 3.8) is 0 Å². The molecule has 0 saturated carbocycles. The van der Waals surface area contributed by atoms with E-state index < -0.39 is 0 Å². The Hall–Kier alpha value is -1.17. The number of aromatic nitrogens is 5. The highest BCUT2D eigenvalue weighted by molar-refractivity contribution is 9.10. The van der Waals surface area contributed by atoms with Crippen molar-refractivity contribution in [3.05, 3.63) is 27.5 Å². The van der Waals surface area contributed by atoms with Gasteiger partial charge in [-0.05, 0) is 43.1 Å². The van der Waals surface area contributed by atoms with Gasteiger partial charge in [0.1, 0.15) is 11.6 Å². The number of aryl methyl sites for hydroxylation is 4. The lowest BCUT2D eigenvalue weighted by Crippen LogP contribution is -2.10. The monoisotopic (exact) mass is 311 g/mol. The van der Waals surface area contributed by atoms with E-state index in [2.05, 4.69) is 45.0 Å². The van der Waals surface area contributed by atoms with E-state index in [1.165, 1.54) is 0 Å². The Morgan fingerprint density at radius 3 is 2.33 bits per heavy atom. The van der Waals surface area contributed by atoms with Crippen LogP contribution in [-0.4, -0.2) is 24.5 Å². The van der Waals surface area contributed by atoms with Crippen molar-refractivity contribution >= 4 is 15.9 Å². The third-order valence-electron chi connectivity index (χ3n) is 2.96. The van der Waals surface area contributed by atoms with Crippen molar-refractivity contribution in [2.75, 3.05) is 0 Å².